The van der Waals surface area contributed by atoms with Crippen molar-refractivity contribution in [1.29, 1.82) is 0 Å². The molecule has 1 saturated carbocycles. The number of hydrogen-bond acceptors (Lipinski definition) is 4. The van der Waals surface area contributed by atoms with Crippen LogP contribution in [0, 0.1) is 11.8 Å². The number of rotatable bonds is 3. The third-order valence-corrected chi connectivity index (χ3v) is 5.72. The van der Waals surface area contributed by atoms with Gasteiger partial charge < -0.3 is 9.64 Å². The molecule has 1 aliphatic carbocycles. The molecule has 6 nitrogen and oxygen atoms in total. The lowest BCUT2D eigenvalue weighted by atomic mass is 9.81. The lowest BCUT2D eigenvalue weighted by Crippen LogP contribution is -2.50. The van der Waals surface area contributed by atoms with Gasteiger partial charge in [-0.3, -0.25) is 14.4 Å². The maximum Gasteiger partial charge on any atom is 0.260 e. The molecule has 0 radical (unpaired) electrons. The van der Waals surface area contributed by atoms with Crippen molar-refractivity contribution in [3.05, 3.63) is 0 Å². The zero-order valence-corrected chi connectivity index (χ0v) is 13.2. The Morgan fingerprint density at radius 2 is 2.04 bits per heavy atom. The minimum Gasteiger partial charge on any atom is -0.376 e. The molecule has 0 aromatic heterocycles. The first-order valence-electron chi connectivity index (χ1n) is 8.60. The second-order valence-electron chi connectivity index (χ2n) is 7.21. The molecule has 0 aromatic rings. The molecular weight excluding hydrogens is 303 g/mol. The van der Waals surface area contributed by atoms with Gasteiger partial charge in [0.15, 0.2) is 5.67 Å². The number of amides is 2. The molecule has 0 bridgehead atoms. The summed E-state index contributed by atoms with van der Waals surface area (Å²) in [5.74, 6) is -0.169. The van der Waals surface area contributed by atoms with Crippen molar-refractivity contribution >= 4 is 11.8 Å². The van der Waals surface area contributed by atoms with E-state index in [-0.39, 0.29) is 29.8 Å². The standard InChI is InChI=1S/C16H23FN2O4/c17-16(3-1-4-16)15(21)18-8-12-11(10-22-13(12)9-18)7-14(20)19-5-2-6-23-19/h11-13H,1-10H2/t11-,12-,13-/m1/s1. The van der Waals surface area contributed by atoms with Crippen LogP contribution in [0.5, 0.6) is 0 Å². The second kappa shape index (κ2) is 5.70. The quantitative estimate of drug-likeness (QED) is 0.773. The monoisotopic (exact) mass is 326 g/mol. The van der Waals surface area contributed by atoms with Crippen molar-refractivity contribution < 1.29 is 23.6 Å². The van der Waals surface area contributed by atoms with Crippen molar-refractivity contribution in [1.82, 2.24) is 9.96 Å². The average molecular weight is 326 g/mol. The number of hydrogen-bond donors (Lipinski definition) is 0. The van der Waals surface area contributed by atoms with Crippen molar-refractivity contribution in [3.8, 4) is 0 Å². The SMILES string of the molecule is O=C(C[C@@H]1CO[C@@H]2CN(C(=O)C3(F)CCC3)C[C@H]12)N1CCCO1. The van der Waals surface area contributed by atoms with E-state index in [2.05, 4.69) is 0 Å². The van der Waals surface area contributed by atoms with Crippen molar-refractivity contribution in [2.24, 2.45) is 11.8 Å². The predicted octanol–water partition coefficient (Wildman–Crippen LogP) is 0.906. The molecule has 4 fully saturated rings. The van der Waals surface area contributed by atoms with Gasteiger partial charge in [0.1, 0.15) is 0 Å². The van der Waals surface area contributed by atoms with Crippen LogP contribution in [0.25, 0.3) is 0 Å². The molecule has 3 aliphatic heterocycles. The van der Waals surface area contributed by atoms with Gasteiger partial charge in [0.25, 0.3) is 5.91 Å². The fourth-order valence-corrected chi connectivity index (χ4v) is 4.13. The minimum absolute atomic E-state index is 0.0116. The minimum atomic E-state index is -1.65. The van der Waals surface area contributed by atoms with Crippen LogP contribution in [0.4, 0.5) is 4.39 Å². The number of halogens is 1. The van der Waals surface area contributed by atoms with Crippen LogP contribution >= 0.6 is 0 Å². The summed E-state index contributed by atoms with van der Waals surface area (Å²) in [7, 11) is 0. The molecule has 3 saturated heterocycles. The number of carbonyl (C=O) groups excluding carboxylic acids is 2. The Bertz CT molecular complexity index is 504. The first-order chi connectivity index (χ1) is 11.1. The molecule has 3 heterocycles. The van der Waals surface area contributed by atoms with E-state index in [0.717, 1.165) is 12.8 Å². The predicted molar refractivity (Wildman–Crippen MR) is 77.9 cm³/mol. The van der Waals surface area contributed by atoms with Crippen molar-refractivity contribution in [3.63, 3.8) is 0 Å². The third-order valence-electron chi connectivity index (χ3n) is 5.72. The van der Waals surface area contributed by atoms with Gasteiger partial charge >= 0.3 is 0 Å². The summed E-state index contributed by atoms with van der Waals surface area (Å²) in [5.41, 5.74) is -1.65. The largest absolute Gasteiger partial charge is 0.376 e. The normalized spacial score (nSPS) is 35.3. The van der Waals surface area contributed by atoms with E-state index in [0.29, 0.717) is 52.1 Å². The lowest BCUT2D eigenvalue weighted by Gasteiger charge is -2.35. The summed E-state index contributed by atoms with van der Waals surface area (Å²) in [6.07, 6.45) is 2.66. The fourth-order valence-electron chi connectivity index (χ4n) is 4.13. The Hall–Kier alpha value is -1.21. The van der Waals surface area contributed by atoms with Crippen LogP contribution in [0.3, 0.4) is 0 Å². The Morgan fingerprint density at radius 1 is 1.22 bits per heavy atom. The summed E-state index contributed by atoms with van der Waals surface area (Å²) in [6.45, 7) is 2.75. The third kappa shape index (κ3) is 2.63. The smallest absolute Gasteiger partial charge is 0.260 e. The fraction of sp³-hybridized carbons (Fsp3) is 0.875. The number of ether oxygens (including phenoxy) is 1. The van der Waals surface area contributed by atoms with Crippen molar-refractivity contribution in [2.75, 3.05) is 32.8 Å². The number of carbonyl (C=O) groups is 2. The number of alkyl halides is 1. The van der Waals surface area contributed by atoms with Crippen LogP contribution in [0.2, 0.25) is 0 Å². The highest BCUT2D eigenvalue weighted by molar-refractivity contribution is 5.86. The number of hydroxylamine groups is 2. The van der Waals surface area contributed by atoms with E-state index >= 15 is 0 Å². The number of nitrogens with zero attached hydrogens (tertiary/aromatic N) is 2. The molecule has 0 aromatic carbocycles. The van der Waals surface area contributed by atoms with Crippen LogP contribution in [0.15, 0.2) is 0 Å². The number of likely N-dealkylation sites (tertiary alicyclic amines) is 1. The molecule has 0 unspecified atom stereocenters. The summed E-state index contributed by atoms with van der Waals surface area (Å²) >= 11 is 0. The summed E-state index contributed by atoms with van der Waals surface area (Å²) in [5, 5.41) is 1.44. The summed E-state index contributed by atoms with van der Waals surface area (Å²) in [4.78, 5) is 31.4. The molecule has 4 rings (SSSR count). The molecule has 3 atom stereocenters. The molecule has 4 aliphatic rings. The molecule has 23 heavy (non-hydrogen) atoms. The van der Waals surface area contributed by atoms with Crippen LogP contribution in [0.1, 0.15) is 32.1 Å². The van der Waals surface area contributed by atoms with Gasteiger partial charge in [-0.05, 0) is 31.6 Å². The molecule has 2 amide bonds. The highest BCUT2D eigenvalue weighted by Gasteiger charge is 2.52. The highest BCUT2D eigenvalue weighted by Crippen LogP contribution is 2.41. The molecule has 0 N–H and O–H groups in total. The first-order valence-corrected chi connectivity index (χ1v) is 8.60. The Morgan fingerprint density at radius 3 is 2.70 bits per heavy atom. The van der Waals surface area contributed by atoms with E-state index in [9.17, 15) is 14.0 Å². The van der Waals surface area contributed by atoms with Crippen molar-refractivity contribution in [2.45, 2.75) is 43.9 Å². The van der Waals surface area contributed by atoms with Gasteiger partial charge in [-0.2, -0.15) is 0 Å². The Kier molecular flexibility index (Phi) is 3.80. The van der Waals surface area contributed by atoms with E-state index in [4.69, 9.17) is 9.57 Å². The van der Waals surface area contributed by atoms with Gasteiger partial charge in [0, 0.05) is 25.4 Å². The summed E-state index contributed by atoms with van der Waals surface area (Å²) in [6, 6.07) is 0. The first kappa shape index (κ1) is 15.3. The topological polar surface area (TPSA) is 59.1 Å². The Labute approximate surface area is 134 Å². The van der Waals surface area contributed by atoms with E-state index in [1.54, 1.807) is 4.90 Å². The average Bonchev–Trinajstić information content (AvgIpc) is 3.21. The van der Waals surface area contributed by atoms with Gasteiger partial charge in [0.05, 0.1) is 25.9 Å². The van der Waals surface area contributed by atoms with Crippen LogP contribution < -0.4 is 0 Å². The maximum absolute atomic E-state index is 14.3. The van der Waals surface area contributed by atoms with Gasteiger partial charge in [-0.15, -0.1) is 0 Å². The Balaban J connectivity index is 1.36. The number of fused-ring (bicyclic) bond motifs is 1. The van der Waals surface area contributed by atoms with Gasteiger partial charge in [0.2, 0.25) is 5.91 Å². The molecule has 0 spiro atoms. The lowest BCUT2D eigenvalue weighted by molar-refractivity contribution is -0.170. The zero-order chi connectivity index (χ0) is 16.0. The van der Waals surface area contributed by atoms with Crippen LogP contribution in [-0.4, -0.2) is 66.4 Å². The van der Waals surface area contributed by atoms with Crippen LogP contribution in [-0.2, 0) is 19.2 Å². The van der Waals surface area contributed by atoms with Gasteiger partial charge in [-0.1, -0.05) is 0 Å². The zero-order valence-electron chi connectivity index (χ0n) is 13.2. The summed E-state index contributed by atoms with van der Waals surface area (Å²) < 4.78 is 20.1. The molecule has 128 valence electrons. The van der Waals surface area contributed by atoms with E-state index in [1.165, 1.54) is 5.06 Å². The molecular formula is C16H23FN2O4. The van der Waals surface area contributed by atoms with E-state index < -0.39 is 5.67 Å². The van der Waals surface area contributed by atoms with Gasteiger partial charge in [-0.25, -0.2) is 9.45 Å². The maximum atomic E-state index is 14.3. The van der Waals surface area contributed by atoms with E-state index in [1.807, 2.05) is 0 Å². The second-order valence-corrected chi connectivity index (χ2v) is 7.21. The highest BCUT2D eigenvalue weighted by atomic mass is 19.1. The molecule has 7 heteroatoms.